The van der Waals surface area contributed by atoms with Gasteiger partial charge in [-0.3, -0.25) is 4.90 Å². The van der Waals surface area contributed by atoms with E-state index in [9.17, 15) is 8.42 Å². The normalized spacial score (nSPS) is 31.4. The zero-order valence-electron chi connectivity index (χ0n) is 16.5. The van der Waals surface area contributed by atoms with Crippen LogP contribution in [0.2, 0.25) is 0 Å². The van der Waals surface area contributed by atoms with Crippen molar-refractivity contribution in [3.05, 3.63) is 0 Å². The Labute approximate surface area is 159 Å². The summed E-state index contributed by atoms with van der Waals surface area (Å²) in [5.41, 5.74) is 0.261. The molecule has 2 aliphatic carbocycles. The molecule has 1 unspecified atom stereocenters. The van der Waals surface area contributed by atoms with Gasteiger partial charge in [-0.05, 0) is 58.3 Å². The molecule has 0 aromatic rings. The van der Waals surface area contributed by atoms with Gasteiger partial charge in [-0.2, -0.15) is 0 Å². The second kappa shape index (κ2) is 7.34. The molecular weight excluding hydrogens is 348 g/mol. The summed E-state index contributed by atoms with van der Waals surface area (Å²) in [6.07, 6.45) is 11.6. The number of hydrogen-bond donors (Lipinski definition) is 0. The molecule has 2 saturated heterocycles. The number of ether oxygens (including phenoxy) is 1. The number of nitrogens with zero attached hydrogens (tertiary/aromatic N) is 2. The fourth-order valence-electron chi connectivity index (χ4n) is 5.34. The summed E-state index contributed by atoms with van der Waals surface area (Å²) >= 11 is 0. The summed E-state index contributed by atoms with van der Waals surface area (Å²) < 4.78 is 33.0. The summed E-state index contributed by atoms with van der Waals surface area (Å²) in [5, 5.41) is -0.312. The Hall–Kier alpha value is -0.170. The van der Waals surface area contributed by atoms with Crippen LogP contribution >= 0.6 is 0 Å². The van der Waals surface area contributed by atoms with Gasteiger partial charge >= 0.3 is 0 Å². The molecule has 0 aromatic heterocycles. The Kier molecular flexibility index (Phi) is 5.41. The van der Waals surface area contributed by atoms with E-state index in [1.54, 1.807) is 18.2 Å². The Morgan fingerprint density at radius 1 is 1.04 bits per heavy atom. The first-order chi connectivity index (χ1) is 12.4. The summed E-state index contributed by atoms with van der Waals surface area (Å²) in [7, 11) is -3.10. The minimum Gasteiger partial charge on any atom is -0.375 e. The van der Waals surface area contributed by atoms with Crippen molar-refractivity contribution in [2.75, 3.05) is 26.2 Å². The maximum Gasteiger partial charge on any atom is 0.216 e. The minimum atomic E-state index is -3.10. The summed E-state index contributed by atoms with van der Waals surface area (Å²) in [6.45, 7) is 6.97. The lowest BCUT2D eigenvalue weighted by Crippen LogP contribution is -2.75. The molecule has 2 saturated carbocycles. The van der Waals surface area contributed by atoms with Crippen molar-refractivity contribution in [2.24, 2.45) is 5.92 Å². The Morgan fingerprint density at radius 2 is 1.69 bits per heavy atom. The average Bonchev–Trinajstić information content (AvgIpc) is 3.46. The third-order valence-corrected chi connectivity index (χ3v) is 9.58. The number of rotatable bonds is 6. The van der Waals surface area contributed by atoms with Crippen molar-refractivity contribution in [1.82, 2.24) is 9.21 Å². The van der Waals surface area contributed by atoms with Gasteiger partial charge in [-0.15, -0.1) is 0 Å². The number of piperidine rings is 1. The van der Waals surface area contributed by atoms with Gasteiger partial charge < -0.3 is 4.74 Å². The second-order valence-electron chi connectivity index (χ2n) is 9.31. The molecule has 4 fully saturated rings. The van der Waals surface area contributed by atoms with Crippen LogP contribution in [0.5, 0.6) is 0 Å². The van der Waals surface area contributed by atoms with Crippen LogP contribution in [-0.4, -0.2) is 66.8 Å². The number of hydrogen-bond acceptors (Lipinski definition) is 4. The first-order valence-corrected chi connectivity index (χ1v) is 12.3. The average molecular weight is 385 g/mol. The third kappa shape index (κ3) is 3.47. The van der Waals surface area contributed by atoms with E-state index in [4.69, 9.17) is 4.74 Å². The van der Waals surface area contributed by atoms with Crippen LogP contribution in [0, 0.1) is 5.92 Å². The second-order valence-corrected chi connectivity index (χ2v) is 11.8. The number of likely N-dealkylation sites (tertiary alicyclic amines) is 1. The first kappa shape index (κ1) is 19.2. The molecule has 0 radical (unpaired) electrons. The molecule has 26 heavy (non-hydrogen) atoms. The van der Waals surface area contributed by atoms with Crippen molar-refractivity contribution in [3.8, 4) is 0 Å². The van der Waals surface area contributed by atoms with Crippen LogP contribution in [0.25, 0.3) is 0 Å². The molecule has 150 valence electrons. The standard InChI is InChI=1S/C20H36N2O3S/c1-16(2)26(23,24)21-12-8-18(9-13-21)22-14-19(25-15-17-6-7-17)20(22)10-4-3-5-11-20/h16-19H,3-15H2,1-2H3. The van der Waals surface area contributed by atoms with E-state index >= 15 is 0 Å². The van der Waals surface area contributed by atoms with E-state index in [1.807, 2.05) is 0 Å². The Bertz CT molecular complexity index is 588. The lowest BCUT2D eigenvalue weighted by molar-refractivity contribution is -0.202. The molecule has 2 heterocycles. The predicted molar refractivity (Wildman–Crippen MR) is 104 cm³/mol. The molecule has 1 atom stereocenters. The van der Waals surface area contributed by atoms with Gasteiger partial charge in [0.1, 0.15) is 0 Å². The smallest absolute Gasteiger partial charge is 0.216 e. The highest BCUT2D eigenvalue weighted by Gasteiger charge is 2.56. The van der Waals surface area contributed by atoms with Crippen LogP contribution in [0.1, 0.15) is 71.6 Å². The van der Waals surface area contributed by atoms with E-state index in [0.29, 0.717) is 25.2 Å². The summed E-state index contributed by atoms with van der Waals surface area (Å²) in [5.74, 6) is 0.828. The summed E-state index contributed by atoms with van der Waals surface area (Å²) in [4.78, 5) is 2.73. The molecule has 0 N–H and O–H groups in total. The molecule has 4 aliphatic rings. The van der Waals surface area contributed by atoms with E-state index in [2.05, 4.69) is 4.90 Å². The van der Waals surface area contributed by atoms with E-state index in [-0.39, 0.29) is 10.8 Å². The lowest BCUT2D eigenvalue weighted by Gasteiger charge is -2.63. The van der Waals surface area contributed by atoms with Gasteiger partial charge in [0, 0.05) is 37.8 Å². The molecule has 6 heteroatoms. The van der Waals surface area contributed by atoms with Gasteiger partial charge in [0.2, 0.25) is 10.0 Å². The van der Waals surface area contributed by atoms with Crippen LogP contribution in [0.4, 0.5) is 0 Å². The quantitative estimate of drug-likeness (QED) is 0.706. The molecule has 5 nitrogen and oxygen atoms in total. The highest BCUT2D eigenvalue weighted by Crippen LogP contribution is 2.48. The first-order valence-electron chi connectivity index (χ1n) is 10.8. The summed E-state index contributed by atoms with van der Waals surface area (Å²) in [6, 6.07) is 0.535. The zero-order valence-corrected chi connectivity index (χ0v) is 17.3. The van der Waals surface area contributed by atoms with Crippen molar-refractivity contribution >= 4 is 10.0 Å². The molecule has 1 spiro atoms. The Morgan fingerprint density at radius 3 is 2.27 bits per heavy atom. The maximum atomic E-state index is 12.4. The zero-order chi connectivity index (χ0) is 18.4. The van der Waals surface area contributed by atoms with Gasteiger partial charge in [-0.25, -0.2) is 12.7 Å². The highest BCUT2D eigenvalue weighted by molar-refractivity contribution is 7.89. The molecular formula is C20H36N2O3S. The molecule has 4 rings (SSSR count). The molecule has 2 aliphatic heterocycles. The van der Waals surface area contributed by atoms with Gasteiger partial charge in [-0.1, -0.05) is 19.3 Å². The lowest BCUT2D eigenvalue weighted by atomic mass is 9.69. The predicted octanol–water partition coefficient (Wildman–Crippen LogP) is 3.00. The maximum absolute atomic E-state index is 12.4. The monoisotopic (exact) mass is 384 g/mol. The van der Waals surface area contributed by atoms with Gasteiger partial charge in [0.05, 0.1) is 11.4 Å². The molecule has 0 aromatic carbocycles. The third-order valence-electron chi connectivity index (χ3n) is 7.30. The largest absolute Gasteiger partial charge is 0.375 e. The number of sulfonamides is 1. The van der Waals surface area contributed by atoms with Crippen LogP contribution in [0.3, 0.4) is 0 Å². The van der Waals surface area contributed by atoms with Crippen LogP contribution in [0.15, 0.2) is 0 Å². The van der Waals surface area contributed by atoms with Gasteiger partial charge in [0.15, 0.2) is 0 Å². The molecule has 0 amide bonds. The van der Waals surface area contributed by atoms with Crippen molar-refractivity contribution in [2.45, 2.75) is 94.6 Å². The topological polar surface area (TPSA) is 49.9 Å². The van der Waals surface area contributed by atoms with Crippen molar-refractivity contribution < 1.29 is 13.2 Å². The van der Waals surface area contributed by atoms with Crippen LogP contribution in [-0.2, 0) is 14.8 Å². The van der Waals surface area contributed by atoms with Gasteiger partial charge in [0.25, 0.3) is 0 Å². The van der Waals surface area contributed by atoms with E-state index in [0.717, 1.165) is 31.9 Å². The van der Waals surface area contributed by atoms with E-state index in [1.165, 1.54) is 44.9 Å². The van der Waals surface area contributed by atoms with Crippen molar-refractivity contribution in [1.29, 1.82) is 0 Å². The van der Waals surface area contributed by atoms with Crippen molar-refractivity contribution in [3.63, 3.8) is 0 Å². The fraction of sp³-hybridized carbons (Fsp3) is 1.00. The van der Waals surface area contributed by atoms with E-state index < -0.39 is 10.0 Å². The minimum absolute atomic E-state index is 0.261. The Balaban J connectivity index is 1.38. The highest BCUT2D eigenvalue weighted by atomic mass is 32.2. The SMILES string of the molecule is CC(C)S(=O)(=O)N1CCC(N2CC(OCC3CC3)C23CCCCC3)CC1. The molecule has 0 bridgehead atoms. The fourth-order valence-corrected chi connectivity index (χ4v) is 6.66. The van der Waals surface area contributed by atoms with Crippen LogP contribution < -0.4 is 0 Å².